The van der Waals surface area contributed by atoms with Crippen LogP contribution in [0.25, 0.3) is 44.8 Å². The lowest BCUT2D eigenvalue weighted by Gasteiger charge is -2.66. The standard InChI is InChI=1S/C59H47N3O/c1-56(2)45-13-5-3-11-41(45)43-26-24-37(28-49(43)56)54-60-53(61-55(62-54)57-31-39-29-38-30-40(32-57)58(38,39)33-57)35-21-19-34(20-22-35)36-23-25-44-42-12-4-6-14-46(42)59(50(44)27-36)47-15-7-9-17-51(47)63-52-18-10-8-16-48(52)59/h3-23,25,27-28,38-40H,24,26,29-33H2,1-2H3/t38?,39-,40?,57?,58?/m0/s1. The van der Waals surface area contributed by atoms with E-state index in [4.69, 9.17) is 19.7 Å². The largest absolute Gasteiger partial charge is 0.457 e. The van der Waals surface area contributed by atoms with Crippen LogP contribution in [0.1, 0.15) is 104 Å². The molecule has 1 aliphatic heterocycles. The van der Waals surface area contributed by atoms with Crippen molar-refractivity contribution in [1.82, 2.24) is 15.0 Å². The molecule has 2 heterocycles. The second-order valence-corrected chi connectivity index (χ2v) is 20.8. The number of hydrogen-bond acceptors (Lipinski definition) is 4. The van der Waals surface area contributed by atoms with E-state index in [0.717, 1.165) is 65.1 Å². The molecular formula is C59H47N3O. The summed E-state index contributed by atoms with van der Waals surface area (Å²) in [5, 5.41) is 0. The van der Waals surface area contributed by atoms with Crippen LogP contribution >= 0.6 is 0 Å². The average Bonchev–Trinajstić information content (AvgIpc) is 3.99. The van der Waals surface area contributed by atoms with E-state index in [-0.39, 0.29) is 10.8 Å². The fraction of sp³-hybridized carbons (Fsp3) is 0.271. The Hall–Kier alpha value is -6.39. The molecule has 7 aromatic rings. The molecule has 0 saturated heterocycles. The van der Waals surface area contributed by atoms with Gasteiger partial charge in [-0.15, -0.1) is 0 Å². The van der Waals surface area contributed by atoms with Gasteiger partial charge in [0.1, 0.15) is 17.3 Å². The van der Waals surface area contributed by atoms with Gasteiger partial charge in [-0.25, -0.2) is 15.0 Å². The topological polar surface area (TPSA) is 47.9 Å². The minimum atomic E-state index is -0.495. The minimum absolute atomic E-state index is 0.0498. The lowest BCUT2D eigenvalue weighted by Crippen LogP contribution is -2.59. The molecule has 8 aliphatic rings. The molecule has 1 aromatic heterocycles. The molecule has 4 heteroatoms. The average molecular weight is 814 g/mol. The van der Waals surface area contributed by atoms with E-state index in [1.54, 1.807) is 0 Å². The Morgan fingerprint density at radius 2 is 1.13 bits per heavy atom. The van der Waals surface area contributed by atoms with Crippen LogP contribution in [0, 0.1) is 23.2 Å². The molecule has 4 saturated carbocycles. The molecule has 15 rings (SSSR count). The fourth-order valence-corrected chi connectivity index (χ4v) is 15.2. The lowest BCUT2D eigenvalue weighted by molar-refractivity contribution is -0.175. The second-order valence-electron chi connectivity index (χ2n) is 20.8. The van der Waals surface area contributed by atoms with Crippen LogP contribution < -0.4 is 4.74 Å². The van der Waals surface area contributed by atoms with Crippen LogP contribution in [-0.4, -0.2) is 15.0 Å². The van der Waals surface area contributed by atoms with Gasteiger partial charge in [-0.05, 0) is 148 Å². The van der Waals surface area contributed by atoms with Gasteiger partial charge in [-0.1, -0.05) is 141 Å². The maximum absolute atomic E-state index is 6.61. The Morgan fingerprint density at radius 3 is 1.84 bits per heavy atom. The van der Waals surface area contributed by atoms with E-state index >= 15 is 0 Å². The lowest BCUT2D eigenvalue weighted by atomic mass is 9.38. The molecule has 4 unspecified atom stereocenters. The van der Waals surface area contributed by atoms with Gasteiger partial charge in [-0.2, -0.15) is 0 Å². The summed E-state index contributed by atoms with van der Waals surface area (Å²) in [5.74, 6) is 7.27. The number of fused-ring (bicyclic) bond motifs is 12. The van der Waals surface area contributed by atoms with Crippen molar-refractivity contribution < 1.29 is 4.74 Å². The maximum Gasteiger partial charge on any atom is 0.163 e. The predicted molar refractivity (Wildman–Crippen MR) is 249 cm³/mol. The Kier molecular flexibility index (Phi) is 6.57. The van der Waals surface area contributed by atoms with Crippen LogP contribution in [0.3, 0.4) is 0 Å². The Labute approximate surface area is 368 Å². The number of benzene rings is 6. The van der Waals surface area contributed by atoms with Crippen LogP contribution in [0.2, 0.25) is 0 Å². The van der Waals surface area contributed by atoms with Crippen LogP contribution in [0.4, 0.5) is 0 Å². The number of allylic oxidation sites excluding steroid dienone is 4. The molecule has 2 bridgehead atoms. The van der Waals surface area contributed by atoms with Gasteiger partial charge in [-0.3, -0.25) is 0 Å². The summed E-state index contributed by atoms with van der Waals surface area (Å²) in [6.45, 7) is 4.77. The number of hydrogen-bond donors (Lipinski definition) is 0. The highest BCUT2D eigenvalue weighted by Gasteiger charge is 2.78. The van der Waals surface area contributed by atoms with E-state index in [9.17, 15) is 0 Å². The maximum atomic E-state index is 6.61. The zero-order valence-corrected chi connectivity index (χ0v) is 35.8. The molecule has 63 heavy (non-hydrogen) atoms. The molecule has 304 valence electrons. The quantitative estimate of drug-likeness (QED) is 0.178. The van der Waals surface area contributed by atoms with Gasteiger partial charge in [0, 0.05) is 27.5 Å². The monoisotopic (exact) mass is 813 g/mol. The molecule has 4 nitrogen and oxygen atoms in total. The molecular weight excluding hydrogens is 767 g/mol. The number of rotatable bonds is 4. The summed E-state index contributed by atoms with van der Waals surface area (Å²) in [6.07, 6.45) is 11.1. The minimum Gasteiger partial charge on any atom is -0.457 e. The molecule has 5 atom stereocenters. The number of ether oxygens (including phenoxy) is 1. The Bertz CT molecular complexity index is 3200. The van der Waals surface area contributed by atoms with E-state index in [0.29, 0.717) is 5.41 Å². The Balaban J connectivity index is 0.851. The van der Waals surface area contributed by atoms with Crippen molar-refractivity contribution in [3.05, 3.63) is 196 Å². The van der Waals surface area contributed by atoms with Crippen molar-refractivity contribution in [2.24, 2.45) is 23.2 Å². The van der Waals surface area contributed by atoms with Gasteiger partial charge >= 0.3 is 0 Å². The van der Waals surface area contributed by atoms with Crippen molar-refractivity contribution in [3.63, 3.8) is 0 Å². The zero-order chi connectivity index (χ0) is 41.5. The van der Waals surface area contributed by atoms with E-state index in [1.165, 1.54) is 104 Å². The molecule has 6 aromatic carbocycles. The second kappa shape index (κ2) is 11.8. The summed E-state index contributed by atoms with van der Waals surface area (Å²) in [7, 11) is 0. The highest BCUT2D eigenvalue weighted by molar-refractivity contribution is 5.91. The summed E-state index contributed by atoms with van der Waals surface area (Å²) in [6, 6.07) is 51.3. The van der Waals surface area contributed by atoms with Crippen LogP contribution in [-0.2, 0) is 16.2 Å². The highest BCUT2D eigenvalue weighted by Crippen LogP contribution is 2.84. The molecule has 7 aliphatic carbocycles. The number of para-hydroxylation sites is 2. The summed E-state index contributed by atoms with van der Waals surface area (Å²) in [4.78, 5) is 16.5. The van der Waals surface area contributed by atoms with Crippen molar-refractivity contribution in [2.45, 2.75) is 75.0 Å². The fourth-order valence-electron chi connectivity index (χ4n) is 15.2. The number of nitrogens with zero attached hydrogens (tertiary/aromatic N) is 3. The van der Waals surface area contributed by atoms with Gasteiger partial charge in [0.05, 0.1) is 5.41 Å². The SMILES string of the molecule is CC1(C)C2=C(CCC(c3nc(-c4ccc(-c5ccc6c(c5)C5(c7ccccc7Oc7ccccc75)c5ccccc5-6)cc4)nc(C45CC6CC7C[C@@H](C4)C76C5)n3)=C2)c2ccccc21. The van der Waals surface area contributed by atoms with Crippen molar-refractivity contribution in [3.8, 4) is 45.1 Å². The summed E-state index contributed by atoms with van der Waals surface area (Å²) < 4.78 is 6.61. The summed E-state index contributed by atoms with van der Waals surface area (Å²) in [5.41, 5.74) is 18.1. The van der Waals surface area contributed by atoms with Gasteiger partial charge < -0.3 is 4.74 Å². The first-order chi connectivity index (χ1) is 30.8. The van der Waals surface area contributed by atoms with Crippen molar-refractivity contribution >= 4 is 11.1 Å². The van der Waals surface area contributed by atoms with E-state index < -0.39 is 5.41 Å². The Morgan fingerprint density at radius 1 is 0.524 bits per heavy atom. The van der Waals surface area contributed by atoms with Gasteiger partial charge in [0.15, 0.2) is 11.6 Å². The first-order valence-corrected chi connectivity index (χ1v) is 23.4. The normalized spacial score (nSPS) is 27.1. The molecule has 0 N–H and O–H groups in total. The number of aromatic nitrogens is 3. The van der Waals surface area contributed by atoms with Gasteiger partial charge in [0.2, 0.25) is 0 Å². The van der Waals surface area contributed by atoms with Gasteiger partial charge in [0.25, 0.3) is 0 Å². The highest BCUT2D eigenvalue weighted by atomic mass is 16.5. The molecule has 4 fully saturated rings. The van der Waals surface area contributed by atoms with E-state index in [2.05, 4.69) is 159 Å². The first kappa shape index (κ1) is 35.1. The molecule has 2 spiro atoms. The third-order valence-corrected chi connectivity index (χ3v) is 17.9. The van der Waals surface area contributed by atoms with Crippen LogP contribution in [0.5, 0.6) is 11.5 Å². The summed E-state index contributed by atoms with van der Waals surface area (Å²) >= 11 is 0. The molecule has 0 amide bonds. The van der Waals surface area contributed by atoms with Crippen LogP contribution in [0.15, 0.2) is 151 Å². The van der Waals surface area contributed by atoms with E-state index in [1.807, 2.05) is 0 Å². The van der Waals surface area contributed by atoms with Crippen molar-refractivity contribution in [2.75, 3.05) is 0 Å². The predicted octanol–water partition coefficient (Wildman–Crippen LogP) is 13.7. The first-order valence-electron chi connectivity index (χ1n) is 23.4. The third kappa shape index (κ3) is 4.26. The third-order valence-electron chi connectivity index (χ3n) is 17.9. The van der Waals surface area contributed by atoms with Crippen molar-refractivity contribution in [1.29, 1.82) is 0 Å². The zero-order valence-electron chi connectivity index (χ0n) is 35.8. The smallest absolute Gasteiger partial charge is 0.163 e. The molecule has 0 radical (unpaired) electrons.